The highest BCUT2D eigenvalue weighted by molar-refractivity contribution is 9.10. The van der Waals surface area contributed by atoms with Crippen LogP contribution in [0.2, 0.25) is 0 Å². The van der Waals surface area contributed by atoms with Crippen LogP contribution in [-0.4, -0.2) is 24.2 Å². The van der Waals surface area contributed by atoms with Crippen LogP contribution in [0.4, 0.5) is 13.2 Å². The van der Waals surface area contributed by atoms with Crippen molar-refractivity contribution in [3.05, 3.63) is 63.9 Å². The normalized spacial score (nSPS) is 19.4. The number of benzene rings is 1. The summed E-state index contributed by atoms with van der Waals surface area (Å²) in [5.41, 5.74) is 1.92. The van der Waals surface area contributed by atoms with Crippen molar-refractivity contribution in [2.24, 2.45) is 0 Å². The number of nitrogens with zero attached hydrogens (tertiary/aromatic N) is 1. The Bertz CT molecular complexity index is 662. The van der Waals surface area contributed by atoms with Gasteiger partial charge in [0, 0.05) is 17.2 Å². The predicted molar refractivity (Wildman–Crippen MR) is 91.1 cm³/mol. The fourth-order valence-electron chi connectivity index (χ4n) is 3.08. The molecule has 1 saturated heterocycles. The van der Waals surface area contributed by atoms with Gasteiger partial charge in [0.05, 0.1) is 5.69 Å². The quantitative estimate of drug-likeness (QED) is 0.799. The molecule has 3 rings (SSSR count). The van der Waals surface area contributed by atoms with Crippen molar-refractivity contribution in [2.75, 3.05) is 13.1 Å². The summed E-state index contributed by atoms with van der Waals surface area (Å²) < 4.78 is 41.0. The average molecular weight is 399 g/mol. The van der Waals surface area contributed by atoms with Crippen molar-refractivity contribution in [1.82, 2.24) is 10.3 Å². The molecular formula is C18H18BrF3N2. The molecule has 6 heteroatoms. The molecule has 128 valence electrons. The number of rotatable bonds is 4. The van der Waals surface area contributed by atoms with Gasteiger partial charge in [-0.05, 0) is 64.5 Å². The summed E-state index contributed by atoms with van der Waals surface area (Å²) in [5, 5.41) is 3.30. The molecule has 0 aliphatic carbocycles. The van der Waals surface area contributed by atoms with Gasteiger partial charge in [-0.3, -0.25) is 4.98 Å². The average Bonchev–Trinajstić information content (AvgIpc) is 3.08. The van der Waals surface area contributed by atoms with Crippen LogP contribution in [0.25, 0.3) is 0 Å². The molecule has 1 aliphatic heterocycles. The Balaban J connectivity index is 1.78. The molecule has 1 aromatic carbocycles. The van der Waals surface area contributed by atoms with E-state index in [2.05, 4.69) is 26.2 Å². The SMILES string of the molecule is FC(F)(F)C(Cc1ccc(C2CCNC2)cc1)c1ccc(Br)cn1. The smallest absolute Gasteiger partial charge is 0.316 e. The van der Waals surface area contributed by atoms with E-state index in [4.69, 9.17) is 0 Å². The largest absolute Gasteiger partial charge is 0.397 e. The van der Waals surface area contributed by atoms with Crippen molar-refractivity contribution in [1.29, 1.82) is 0 Å². The van der Waals surface area contributed by atoms with Gasteiger partial charge in [-0.25, -0.2) is 0 Å². The Labute approximate surface area is 147 Å². The van der Waals surface area contributed by atoms with E-state index in [1.54, 1.807) is 6.07 Å². The van der Waals surface area contributed by atoms with Crippen LogP contribution in [0.15, 0.2) is 47.1 Å². The van der Waals surface area contributed by atoms with Gasteiger partial charge >= 0.3 is 6.18 Å². The molecule has 1 aromatic heterocycles. The van der Waals surface area contributed by atoms with E-state index in [-0.39, 0.29) is 12.1 Å². The molecule has 1 N–H and O–H groups in total. The van der Waals surface area contributed by atoms with Crippen LogP contribution >= 0.6 is 15.9 Å². The standard InChI is InChI=1S/C18H18BrF3N2/c19-15-5-6-17(24-11-15)16(18(20,21)22)9-12-1-3-13(4-2-12)14-7-8-23-10-14/h1-6,11,14,16,23H,7-10H2. The van der Waals surface area contributed by atoms with Gasteiger partial charge in [-0.1, -0.05) is 24.3 Å². The van der Waals surface area contributed by atoms with E-state index in [0.29, 0.717) is 16.0 Å². The molecule has 2 nitrogen and oxygen atoms in total. The Morgan fingerprint density at radius 1 is 1.17 bits per heavy atom. The van der Waals surface area contributed by atoms with Crippen LogP contribution in [0, 0.1) is 0 Å². The lowest BCUT2D eigenvalue weighted by Crippen LogP contribution is -2.24. The maximum atomic E-state index is 13.5. The predicted octanol–water partition coefficient (Wildman–Crippen LogP) is 4.81. The van der Waals surface area contributed by atoms with Crippen molar-refractivity contribution in [3.63, 3.8) is 0 Å². The fourth-order valence-corrected chi connectivity index (χ4v) is 3.32. The van der Waals surface area contributed by atoms with Gasteiger partial charge in [0.2, 0.25) is 0 Å². The third-order valence-electron chi connectivity index (χ3n) is 4.45. The molecule has 24 heavy (non-hydrogen) atoms. The summed E-state index contributed by atoms with van der Waals surface area (Å²) in [7, 11) is 0. The highest BCUT2D eigenvalue weighted by atomic mass is 79.9. The fraction of sp³-hybridized carbons (Fsp3) is 0.389. The van der Waals surface area contributed by atoms with Gasteiger partial charge in [0.15, 0.2) is 0 Å². The third-order valence-corrected chi connectivity index (χ3v) is 4.92. The summed E-state index contributed by atoms with van der Waals surface area (Å²) in [6.07, 6.45) is -1.94. The number of alkyl halides is 3. The first-order valence-corrected chi connectivity index (χ1v) is 8.70. The Morgan fingerprint density at radius 3 is 2.46 bits per heavy atom. The van der Waals surface area contributed by atoms with E-state index in [1.165, 1.54) is 17.8 Å². The van der Waals surface area contributed by atoms with Gasteiger partial charge in [-0.2, -0.15) is 13.2 Å². The number of nitrogens with one attached hydrogen (secondary N) is 1. The first-order valence-electron chi connectivity index (χ1n) is 7.91. The number of pyridine rings is 1. The van der Waals surface area contributed by atoms with Crippen molar-refractivity contribution in [2.45, 2.75) is 30.9 Å². The molecule has 0 amide bonds. The number of aromatic nitrogens is 1. The van der Waals surface area contributed by atoms with Crippen LogP contribution in [0.3, 0.4) is 0 Å². The lowest BCUT2D eigenvalue weighted by Gasteiger charge is -2.20. The molecule has 2 aromatic rings. The Kier molecular flexibility index (Phi) is 5.25. The minimum absolute atomic E-state index is 0.0507. The molecule has 0 spiro atoms. The van der Waals surface area contributed by atoms with Gasteiger partial charge < -0.3 is 5.32 Å². The molecule has 1 fully saturated rings. The van der Waals surface area contributed by atoms with E-state index in [1.807, 2.05) is 24.3 Å². The minimum atomic E-state index is -4.32. The maximum Gasteiger partial charge on any atom is 0.397 e. The first-order chi connectivity index (χ1) is 11.4. The molecule has 0 bridgehead atoms. The van der Waals surface area contributed by atoms with Crippen LogP contribution in [0.5, 0.6) is 0 Å². The van der Waals surface area contributed by atoms with E-state index in [9.17, 15) is 13.2 Å². The van der Waals surface area contributed by atoms with Crippen molar-refractivity contribution < 1.29 is 13.2 Å². The van der Waals surface area contributed by atoms with Crippen molar-refractivity contribution in [3.8, 4) is 0 Å². The lowest BCUT2D eigenvalue weighted by atomic mass is 9.92. The van der Waals surface area contributed by atoms with Crippen LogP contribution in [-0.2, 0) is 6.42 Å². The summed E-state index contributed by atoms with van der Waals surface area (Å²) in [4.78, 5) is 3.95. The second-order valence-corrected chi connectivity index (χ2v) is 7.05. The molecule has 0 radical (unpaired) electrons. The summed E-state index contributed by atoms with van der Waals surface area (Å²) in [6, 6.07) is 10.6. The maximum absolute atomic E-state index is 13.5. The highest BCUT2D eigenvalue weighted by Crippen LogP contribution is 2.37. The second kappa shape index (κ2) is 7.23. The number of halogens is 4. The molecule has 2 atom stereocenters. The number of hydrogen-bond donors (Lipinski definition) is 1. The third kappa shape index (κ3) is 4.16. The van der Waals surface area contributed by atoms with E-state index < -0.39 is 12.1 Å². The second-order valence-electron chi connectivity index (χ2n) is 6.13. The Hall–Kier alpha value is -1.40. The van der Waals surface area contributed by atoms with Gasteiger partial charge in [0.25, 0.3) is 0 Å². The first kappa shape index (κ1) is 17.4. The van der Waals surface area contributed by atoms with Crippen molar-refractivity contribution >= 4 is 15.9 Å². The van der Waals surface area contributed by atoms with Crippen LogP contribution < -0.4 is 5.32 Å². The zero-order valence-corrected chi connectivity index (χ0v) is 14.6. The summed E-state index contributed by atoms with van der Waals surface area (Å²) >= 11 is 3.20. The molecular weight excluding hydrogens is 381 g/mol. The van der Waals surface area contributed by atoms with Gasteiger partial charge in [0.1, 0.15) is 5.92 Å². The zero-order valence-electron chi connectivity index (χ0n) is 13.0. The van der Waals surface area contributed by atoms with E-state index >= 15 is 0 Å². The minimum Gasteiger partial charge on any atom is -0.316 e. The Morgan fingerprint density at radius 2 is 1.92 bits per heavy atom. The zero-order chi connectivity index (χ0) is 17.2. The summed E-state index contributed by atoms with van der Waals surface area (Å²) in [6.45, 7) is 1.94. The number of hydrogen-bond acceptors (Lipinski definition) is 2. The highest BCUT2D eigenvalue weighted by Gasteiger charge is 2.41. The molecule has 2 heterocycles. The van der Waals surface area contributed by atoms with Gasteiger partial charge in [-0.15, -0.1) is 0 Å². The summed E-state index contributed by atoms with van der Waals surface area (Å²) in [5.74, 6) is -1.13. The molecule has 1 aliphatic rings. The molecule has 0 saturated carbocycles. The molecule has 2 unspecified atom stereocenters. The monoisotopic (exact) mass is 398 g/mol. The van der Waals surface area contributed by atoms with Crippen LogP contribution in [0.1, 0.15) is 35.1 Å². The van der Waals surface area contributed by atoms with E-state index in [0.717, 1.165) is 19.5 Å². The topological polar surface area (TPSA) is 24.9 Å². The lowest BCUT2D eigenvalue weighted by molar-refractivity contribution is -0.151.